The molecule has 3 heterocycles. The lowest BCUT2D eigenvalue weighted by Gasteiger charge is -2.36. The van der Waals surface area contributed by atoms with Crippen LogP contribution in [0.4, 0.5) is 5.69 Å². The SMILES string of the molecule is COc1ccc(C)cc1N1CC(C(=O)N2CCN(C(=O)CN3C(=O)CCC3=O)CC2)CC1=O. The van der Waals surface area contributed by atoms with Gasteiger partial charge in [-0.3, -0.25) is 28.9 Å². The molecule has 3 aliphatic heterocycles. The Morgan fingerprint density at radius 1 is 0.970 bits per heavy atom. The van der Waals surface area contributed by atoms with E-state index in [1.54, 1.807) is 21.8 Å². The molecular formula is C23H28N4O6. The Hall–Kier alpha value is -3.43. The molecule has 10 nitrogen and oxygen atoms in total. The second-order valence-electron chi connectivity index (χ2n) is 8.66. The van der Waals surface area contributed by atoms with Crippen molar-refractivity contribution in [3.05, 3.63) is 23.8 Å². The molecule has 0 radical (unpaired) electrons. The van der Waals surface area contributed by atoms with Gasteiger partial charge < -0.3 is 19.4 Å². The number of benzene rings is 1. The molecule has 3 saturated heterocycles. The van der Waals surface area contributed by atoms with Gasteiger partial charge in [-0.15, -0.1) is 0 Å². The molecule has 33 heavy (non-hydrogen) atoms. The molecule has 1 unspecified atom stereocenters. The van der Waals surface area contributed by atoms with Gasteiger partial charge in [-0.05, 0) is 24.6 Å². The highest BCUT2D eigenvalue weighted by molar-refractivity contribution is 6.04. The monoisotopic (exact) mass is 456 g/mol. The lowest BCUT2D eigenvalue weighted by atomic mass is 10.1. The van der Waals surface area contributed by atoms with E-state index in [0.717, 1.165) is 10.5 Å². The van der Waals surface area contributed by atoms with Gasteiger partial charge in [0.15, 0.2) is 0 Å². The van der Waals surface area contributed by atoms with Crippen LogP contribution in [0.2, 0.25) is 0 Å². The van der Waals surface area contributed by atoms with E-state index >= 15 is 0 Å². The lowest BCUT2D eigenvalue weighted by Crippen LogP contribution is -2.54. The van der Waals surface area contributed by atoms with Gasteiger partial charge >= 0.3 is 0 Å². The second-order valence-corrected chi connectivity index (χ2v) is 8.66. The first-order valence-electron chi connectivity index (χ1n) is 11.1. The van der Waals surface area contributed by atoms with Crippen molar-refractivity contribution < 1.29 is 28.7 Å². The van der Waals surface area contributed by atoms with E-state index in [-0.39, 0.29) is 61.9 Å². The first-order chi connectivity index (χ1) is 15.8. The van der Waals surface area contributed by atoms with Crippen molar-refractivity contribution in [1.29, 1.82) is 0 Å². The Morgan fingerprint density at radius 2 is 1.61 bits per heavy atom. The predicted octanol–water partition coefficient (Wildman–Crippen LogP) is 0.176. The van der Waals surface area contributed by atoms with Crippen LogP contribution in [0.5, 0.6) is 5.75 Å². The molecule has 5 amide bonds. The summed E-state index contributed by atoms with van der Waals surface area (Å²) < 4.78 is 5.40. The Morgan fingerprint density at radius 3 is 2.24 bits per heavy atom. The summed E-state index contributed by atoms with van der Waals surface area (Å²) in [6.07, 6.45) is 0.439. The van der Waals surface area contributed by atoms with Gasteiger partial charge in [-0.1, -0.05) is 6.07 Å². The smallest absolute Gasteiger partial charge is 0.242 e. The second kappa shape index (κ2) is 9.21. The van der Waals surface area contributed by atoms with Gasteiger partial charge in [0.2, 0.25) is 29.5 Å². The van der Waals surface area contributed by atoms with Crippen LogP contribution in [0.3, 0.4) is 0 Å². The summed E-state index contributed by atoms with van der Waals surface area (Å²) in [4.78, 5) is 67.7. The van der Waals surface area contributed by atoms with Crippen LogP contribution in [0, 0.1) is 12.8 Å². The Bertz CT molecular complexity index is 985. The van der Waals surface area contributed by atoms with E-state index in [4.69, 9.17) is 4.74 Å². The van der Waals surface area contributed by atoms with Crippen LogP contribution in [-0.4, -0.2) is 90.6 Å². The molecule has 1 atom stereocenters. The Kier molecular flexibility index (Phi) is 6.35. The van der Waals surface area contributed by atoms with Gasteiger partial charge in [0, 0.05) is 52.0 Å². The molecule has 1 aromatic carbocycles. The van der Waals surface area contributed by atoms with Crippen LogP contribution >= 0.6 is 0 Å². The molecule has 0 aliphatic carbocycles. The van der Waals surface area contributed by atoms with Crippen molar-refractivity contribution in [3.63, 3.8) is 0 Å². The zero-order valence-corrected chi connectivity index (χ0v) is 18.9. The molecule has 0 aromatic heterocycles. The third-order valence-electron chi connectivity index (χ3n) is 6.49. The molecule has 10 heteroatoms. The highest BCUT2D eigenvalue weighted by atomic mass is 16.5. The quantitative estimate of drug-likeness (QED) is 0.585. The van der Waals surface area contributed by atoms with Crippen LogP contribution in [-0.2, 0) is 24.0 Å². The minimum atomic E-state index is -0.454. The maximum atomic E-state index is 13.1. The highest BCUT2D eigenvalue weighted by Gasteiger charge is 2.39. The third kappa shape index (κ3) is 4.55. The molecule has 176 valence electrons. The Labute approximate surface area is 192 Å². The van der Waals surface area contributed by atoms with Crippen LogP contribution in [0.1, 0.15) is 24.8 Å². The van der Waals surface area contributed by atoms with E-state index in [0.29, 0.717) is 37.6 Å². The Balaban J connectivity index is 1.33. The van der Waals surface area contributed by atoms with Crippen LogP contribution in [0.25, 0.3) is 0 Å². The number of nitrogens with zero attached hydrogens (tertiary/aromatic N) is 4. The number of methoxy groups -OCH3 is 1. The number of hydrogen-bond acceptors (Lipinski definition) is 6. The van der Waals surface area contributed by atoms with E-state index in [1.165, 1.54) is 0 Å². The van der Waals surface area contributed by atoms with Gasteiger partial charge in [0.1, 0.15) is 12.3 Å². The number of carbonyl (C=O) groups excluding carboxylic acids is 5. The van der Waals surface area contributed by atoms with Gasteiger partial charge in [-0.2, -0.15) is 0 Å². The molecule has 3 fully saturated rings. The van der Waals surface area contributed by atoms with E-state index in [2.05, 4.69) is 0 Å². The number of hydrogen-bond donors (Lipinski definition) is 0. The number of anilines is 1. The average Bonchev–Trinajstić information content (AvgIpc) is 3.35. The molecule has 0 bridgehead atoms. The topological polar surface area (TPSA) is 108 Å². The van der Waals surface area contributed by atoms with Crippen molar-refractivity contribution in [1.82, 2.24) is 14.7 Å². The fourth-order valence-electron chi connectivity index (χ4n) is 4.59. The van der Waals surface area contributed by atoms with Crippen LogP contribution in [0.15, 0.2) is 18.2 Å². The number of piperazine rings is 1. The molecule has 3 aliphatic rings. The van der Waals surface area contributed by atoms with Gasteiger partial charge in [0.05, 0.1) is 18.7 Å². The molecule has 4 rings (SSSR count). The molecule has 0 spiro atoms. The minimum Gasteiger partial charge on any atom is -0.495 e. The van der Waals surface area contributed by atoms with Crippen molar-refractivity contribution in [3.8, 4) is 5.75 Å². The number of amides is 5. The first kappa shape index (κ1) is 22.8. The number of rotatable bonds is 5. The highest BCUT2D eigenvalue weighted by Crippen LogP contribution is 2.34. The third-order valence-corrected chi connectivity index (χ3v) is 6.49. The standard InChI is InChI=1S/C23H28N4O6/c1-15-3-4-18(33-2)17(11-15)26-13-16(12-21(26)30)23(32)25-9-7-24(8-10-25)22(31)14-27-19(28)5-6-20(27)29/h3-4,11,16H,5-10,12-14H2,1-2H3. The number of likely N-dealkylation sites (tertiary alicyclic amines) is 1. The molecule has 0 saturated carbocycles. The fraction of sp³-hybridized carbons (Fsp3) is 0.522. The zero-order valence-electron chi connectivity index (χ0n) is 18.9. The summed E-state index contributed by atoms with van der Waals surface area (Å²) in [6.45, 7) is 3.35. The summed E-state index contributed by atoms with van der Waals surface area (Å²) >= 11 is 0. The largest absolute Gasteiger partial charge is 0.495 e. The fourth-order valence-corrected chi connectivity index (χ4v) is 4.59. The number of carbonyl (C=O) groups is 5. The molecule has 1 aromatic rings. The normalized spacial score (nSPS) is 21.3. The summed E-state index contributed by atoms with van der Waals surface area (Å²) in [6, 6.07) is 5.60. The maximum absolute atomic E-state index is 13.1. The summed E-state index contributed by atoms with van der Waals surface area (Å²) in [5, 5.41) is 0. The van der Waals surface area contributed by atoms with Gasteiger partial charge in [-0.25, -0.2) is 0 Å². The number of ether oxygens (including phenoxy) is 1. The zero-order chi connectivity index (χ0) is 23.7. The number of imide groups is 1. The molecular weight excluding hydrogens is 428 g/mol. The first-order valence-corrected chi connectivity index (χ1v) is 11.1. The van der Waals surface area contributed by atoms with Crippen molar-refractivity contribution in [2.75, 3.05) is 51.3 Å². The van der Waals surface area contributed by atoms with Crippen molar-refractivity contribution in [2.45, 2.75) is 26.2 Å². The molecule has 0 N–H and O–H groups in total. The summed E-state index contributed by atoms with van der Waals surface area (Å²) in [5.41, 5.74) is 1.66. The average molecular weight is 456 g/mol. The summed E-state index contributed by atoms with van der Waals surface area (Å²) in [5.74, 6) is -1.01. The van der Waals surface area contributed by atoms with E-state index in [9.17, 15) is 24.0 Å². The van der Waals surface area contributed by atoms with Crippen LogP contribution < -0.4 is 9.64 Å². The van der Waals surface area contributed by atoms with Gasteiger partial charge in [0.25, 0.3) is 0 Å². The lowest BCUT2D eigenvalue weighted by molar-refractivity contribution is -0.147. The van der Waals surface area contributed by atoms with E-state index in [1.807, 2.05) is 25.1 Å². The minimum absolute atomic E-state index is 0.102. The number of aryl methyl sites for hydroxylation is 1. The van der Waals surface area contributed by atoms with Crippen molar-refractivity contribution >= 4 is 35.2 Å². The predicted molar refractivity (Wildman–Crippen MR) is 117 cm³/mol. The van der Waals surface area contributed by atoms with E-state index < -0.39 is 5.92 Å². The van der Waals surface area contributed by atoms with Crippen molar-refractivity contribution in [2.24, 2.45) is 5.92 Å². The summed E-state index contributed by atoms with van der Waals surface area (Å²) in [7, 11) is 1.55. The maximum Gasteiger partial charge on any atom is 0.242 e.